The lowest BCUT2D eigenvalue weighted by Crippen LogP contribution is -2.45. The number of nitrogens with zero attached hydrogens (tertiary/aromatic N) is 4. The summed E-state index contributed by atoms with van der Waals surface area (Å²) in [6, 6.07) is 0.338. The normalized spacial score (nSPS) is 25.2. The van der Waals surface area contributed by atoms with Crippen molar-refractivity contribution in [2.24, 2.45) is 7.05 Å². The molecule has 3 heterocycles. The third-order valence-electron chi connectivity index (χ3n) is 4.27. The van der Waals surface area contributed by atoms with Gasteiger partial charge in [0, 0.05) is 38.6 Å². The molecule has 2 saturated heterocycles. The standard InChI is InChI=1S/C14H22N4O2/c1-11-9-18(14(19)20-11)12-3-6-17(7-4-12)10-13-15-5-8-16(13)2/h5,8,11-12H,3-4,6-7,9-10H2,1-2H3. The highest BCUT2D eigenvalue weighted by Crippen LogP contribution is 2.22. The molecule has 0 N–H and O–H groups in total. The average Bonchev–Trinajstić information content (AvgIpc) is 2.97. The second-order valence-corrected chi connectivity index (χ2v) is 5.81. The number of hydrogen-bond acceptors (Lipinski definition) is 4. The molecule has 6 nitrogen and oxygen atoms in total. The Hall–Kier alpha value is -1.56. The van der Waals surface area contributed by atoms with Crippen molar-refractivity contribution < 1.29 is 9.53 Å². The predicted octanol–water partition coefficient (Wildman–Crippen LogP) is 1.23. The third kappa shape index (κ3) is 2.65. The molecule has 0 saturated carbocycles. The lowest BCUT2D eigenvalue weighted by Gasteiger charge is -2.35. The molecule has 1 aromatic heterocycles. The SMILES string of the molecule is CC1CN(C2CCN(Cc3nccn3C)CC2)C(=O)O1. The Kier molecular flexibility index (Phi) is 3.65. The topological polar surface area (TPSA) is 50.6 Å². The third-order valence-corrected chi connectivity index (χ3v) is 4.27. The molecule has 2 aliphatic heterocycles. The quantitative estimate of drug-likeness (QED) is 0.834. The number of carbonyl (C=O) groups excluding carboxylic acids is 1. The fourth-order valence-corrected chi connectivity index (χ4v) is 3.06. The minimum Gasteiger partial charge on any atom is -0.444 e. The molecular formula is C14H22N4O2. The monoisotopic (exact) mass is 278 g/mol. The Balaban J connectivity index is 1.52. The van der Waals surface area contributed by atoms with Crippen molar-refractivity contribution >= 4 is 6.09 Å². The van der Waals surface area contributed by atoms with Gasteiger partial charge >= 0.3 is 6.09 Å². The van der Waals surface area contributed by atoms with Crippen LogP contribution in [-0.4, -0.2) is 57.2 Å². The predicted molar refractivity (Wildman–Crippen MR) is 74.2 cm³/mol. The first-order chi connectivity index (χ1) is 9.63. The van der Waals surface area contributed by atoms with E-state index in [1.54, 1.807) is 0 Å². The largest absolute Gasteiger partial charge is 0.444 e. The molecule has 2 fully saturated rings. The van der Waals surface area contributed by atoms with Crippen LogP contribution in [0.25, 0.3) is 0 Å². The van der Waals surface area contributed by atoms with Gasteiger partial charge in [-0.2, -0.15) is 0 Å². The van der Waals surface area contributed by atoms with Gasteiger partial charge in [-0.25, -0.2) is 9.78 Å². The summed E-state index contributed by atoms with van der Waals surface area (Å²) in [6.07, 6.45) is 5.75. The summed E-state index contributed by atoms with van der Waals surface area (Å²) >= 11 is 0. The van der Waals surface area contributed by atoms with Crippen LogP contribution in [0.5, 0.6) is 0 Å². The molecule has 1 atom stereocenters. The number of imidazole rings is 1. The van der Waals surface area contributed by atoms with E-state index >= 15 is 0 Å². The van der Waals surface area contributed by atoms with Gasteiger partial charge in [-0.15, -0.1) is 0 Å². The molecule has 0 radical (unpaired) electrons. The highest BCUT2D eigenvalue weighted by atomic mass is 16.6. The molecule has 0 bridgehead atoms. The Labute approximate surface area is 119 Å². The molecule has 3 rings (SSSR count). The van der Waals surface area contributed by atoms with Gasteiger partial charge in [0.1, 0.15) is 11.9 Å². The number of carbonyl (C=O) groups is 1. The van der Waals surface area contributed by atoms with Crippen LogP contribution in [-0.2, 0) is 18.3 Å². The summed E-state index contributed by atoms with van der Waals surface area (Å²) < 4.78 is 7.28. The van der Waals surface area contributed by atoms with E-state index in [9.17, 15) is 4.79 Å². The molecular weight excluding hydrogens is 256 g/mol. The van der Waals surface area contributed by atoms with Gasteiger partial charge in [-0.3, -0.25) is 4.90 Å². The molecule has 1 unspecified atom stereocenters. The molecule has 20 heavy (non-hydrogen) atoms. The van der Waals surface area contributed by atoms with E-state index < -0.39 is 0 Å². The Morgan fingerprint density at radius 1 is 1.40 bits per heavy atom. The number of amides is 1. The van der Waals surface area contributed by atoms with E-state index in [1.165, 1.54) is 0 Å². The van der Waals surface area contributed by atoms with Gasteiger partial charge in [0.05, 0.1) is 13.1 Å². The maximum absolute atomic E-state index is 11.7. The first-order valence-electron chi connectivity index (χ1n) is 7.29. The number of rotatable bonds is 3. The number of piperidine rings is 1. The van der Waals surface area contributed by atoms with Gasteiger partial charge in [0.15, 0.2) is 0 Å². The number of ether oxygens (including phenoxy) is 1. The fraction of sp³-hybridized carbons (Fsp3) is 0.714. The van der Waals surface area contributed by atoms with E-state index in [4.69, 9.17) is 4.74 Å². The Morgan fingerprint density at radius 3 is 2.70 bits per heavy atom. The van der Waals surface area contributed by atoms with E-state index in [1.807, 2.05) is 31.3 Å². The number of cyclic esters (lactones) is 1. The first kappa shape index (κ1) is 13.4. The van der Waals surface area contributed by atoms with Crippen molar-refractivity contribution in [3.63, 3.8) is 0 Å². The summed E-state index contributed by atoms with van der Waals surface area (Å²) in [4.78, 5) is 20.4. The number of aromatic nitrogens is 2. The molecule has 2 aliphatic rings. The molecule has 110 valence electrons. The first-order valence-corrected chi connectivity index (χ1v) is 7.29. The van der Waals surface area contributed by atoms with Crippen LogP contribution in [0.3, 0.4) is 0 Å². The lowest BCUT2D eigenvalue weighted by molar-refractivity contribution is 0.110. The second-order valence-electron chi connectivity index (χ2n) is 5.81. The summed E-state index contributed by atoms with van der Waals surface area (Å²) in [5.41, 5.74) is 0. The minimum absolute atomic E-state index is 0.0353. The van der Waals surface area contributed by atoms with Gasteiger partial charge in [0.25, 0.3) is 0 Å². The zero-order valence-corrected chi connectivity index (χ0v) is 12.2. The number of likely N-dealkylation sites (tertiary alicyclic amines) is 1. The molecule has 1 aromatic rings. The van der Waals surface area contributed by atoms with Crippen LogP contribution in [0.1, 0.15) is 25.6 Å². The molecule has 0 spiro atoms. The van der Waals surface area contributed by atoms with Crippen molar-refractivity contribution in [1.82, 2.24) is 19.4 Å². The Bertz CT molecular complexity index is 479. The summed E-state index contributed by atoms with van der Waals surface area (Å²) in [5, 5.41) is 0. The van der Waals surface area contributed by atoms with Crippen molar-refractivity contribution in [1.29, 1.82) is 0 Å². The maximum atomic E-state index is 11.7. The number of hydrogen-bond donors (Lipinski definition) is 0. The smallest absolute Gasteiger partial charge is 0.410 e. The van der Waals surface area contributed by atoms with Gasteiger partial charge < -0.3 is 14.2 Å². The van der Waals surface area contributed by atoms with Crippen molar-refractivity contribution in [3.8, 4) is 0 Å². The van der Waals surface area contributed by atoms with Crippen LogP contribution in [0.2, 0.25) is 0 Å². The average molecular weight is 278 g/mol. The summed E-state index contributed by atoms with van der Waals surface area (Å²) in [7, 11) is 2.02. The van der Waals surface area contributed by atoms with E-state index in [2.05, 4.69) is 14.5 Å². The van der Waals surface area contributed by atoms with Crippen molar-refractivity contribution in [2.45, 2.75) is 38.5 Å². The van der Waals surface area contributed by atoms with E-state index in [0.29, 0.717) is 6.04 Å². The van der Waals surface area contributed by atoms with Crippen LogP contribution in [0, 0.1) is 0 Å². The zero-order valence-electron chi connectivity index (χ0n) is 12.2. The Morgan fingerprint density at radius 2 is 2.15 bits per heavy atom. The van der Waals surface area contributed by atoms with Crippen molar-refractivity contribution in [3.05, 3.63) is 18.2 Å². The molecule has 6 heteroatoms. The lowest BCUT2D eigenvalue weighted by atomic mass is 10.0. The summed E-state index contributed by atoms with van der Waals surface area (Å²) in [6.45, 7) is 5.60. The summed E-state index contributed by atoms with van der Waals surface area (Å²) in [5.74, 6) is 1.10. The van der Waals surface area contributed by atoms with Gasteiger partial charge in [-0.1, -0.05) is 0 Å². The highest BCUT2D eigenvalue weighted by molar-refractivity contribution is 5.70. The zero-order chi connectivity index (χ0) is 14.1. The van der Waals surface area contributed by atoms with E-state index in [0.717, 1.165) is 44.8 Å². The maximum Gasteiger partial charge on any atom is 0.410 e. The molecule has 0 aliphatic carbocycles. The molecule has 1 amide bonds. The molecule has 0 aromatic carbocycles. The van der Waals surface area contributed by atoms with Crippen LogP contribution in [0.4, 0.5) is 4.79 Å². The van der Waals surface area contributed by atoms with Gasteiger partial charge in [-0.05, 0) is 19.8 Å². The van der Waals surface area contributed by atoms with Crippen LogP contribution < -0.4 is 0 Å². The second kappa shape index (κ2) is 5.44. The van der Waals surface area contributed by atoms with E-state index in [-0.39, 0.29) is 12.2 Å². The van der Waals surface area contributed by atoms with Crippen LogP contribution >= 0.6 is 0 Å². The minimum atomic E-state index is -0.139. The van der Waals surface area contributed by atoms with Gasteiger partial charge in [0.2, 0.25) is 0 Å². The van der Waals surface area contributed by atoms with Crippen molar-refractivity contribution in [2.75, 3.05) is 19.6 Å². The highest BCUT2D eigenvalue weighted by Gasteiger charge is 2.35. The van der Waals surface area contributed by atoms with Crippen LogP contribution in [0.15, 0.2) is 12.4 Å². The number of aryl methyl sites for hydroxylation is 1. The fourth-order valence-electron chi connectivity index (χ4n) is 3.06.